The van der Waals surface area contributed by atoms with E-state index in [-0.39, 0.29) is 0 Å². The molecule has 0 aliphatic carbocycles. The predicted octanol–water partition coefficient (Wildman–Crippen LogP) is 3.05. The molecule has 0 spiro atoms. The lowest BCUT2D eigenvalue weighted by molar-refractivity contribution is 1.30. The molecule has 0 radical (unpaired) electrons. The minimum Gasteiger partial charge on any atom is -0.255 e. The second-order valence-electron chi connectivity index (χ2n) is 2.30. The summed E-state index contributed by atoms with van der Waals surface area (Å²) in [6.07, 6.45) is 1.72. The van der Waals surface area contributed by atoms with Gasteiger partial charge < -0.3 is 0 Å². The molecular weight excluding hydrogens is 239 g/mol. The van der Waals surface area contributed by atoms with Crippen molar-refractivity contribution in [2.75, 3.05) is 0 Å². The maximum absolute atomic E-state index is 5.84. The predicted molar refractivity (Wildman–Crippen MR) is 52.2 cm³/mol. The molecule has 0 aliphatic rings. The van der Waals surface area contributed by atoms with E-state index >= 15 is 0 Å². The van der Waals surface area contributed by atoms with Crippen molar-refractivity contribution in [1.29, 1.82) is 0 Å². The molecule has 12 heavy (non-hydrogen) atoms. The van der Waals surface area contributed by atoms with Crippen LogP contribution in [-0.4, -0.2) is 9.97 Å². The Labute approximate surface area is 82.7 Å². The first kappa shape index (κ1) is 7.95. The smallest absolute Gasteiger partial charge is 0.125 e. The van der Waals surface area contributed by atoms with E-state index in [4.69, 9.17) is 11.6 Å². The molecule has 2 aromatic rings. The van der Waals surface area contributed by atoms with Crippen molar-refractivity contribution in [2.24, 2.45) is 0 Å². The molecule has 4 heteroatoms. The molecule has 2 heterocycles. The van der Waals surface area contributed by atoms with Crippen LogP contribution in [0.3, 0.4) is 0 Å². The van der Waals surface area contributed by atoms with Gasteiger partial charge in [0.2, 0.25) is 0 Å². The van der Waals surface area contributed by atoms with Gasteiger partial charge >= 0.3 is 0 Å². The van der Waals surface area contributed by atoms with E-state index in [1.54, 1.807) is 12.3 Å². The molecule has 0 N–H and O–H groups in total. The Hall–Kier alpha value is -0.670. The highest BCUT2D eigenvalue weighted by Gasteiger charge is 2.01. The number of halogens is 2. The highest BCUT2D eigenvalue weighted by atomic mass is 79.9. The van der Waals surface area contributed by atoms with Crippen LogP contribution >= 0.6 is 27.5 Å². The minimum absolute atomic E-state index is 0.584. The summed E-state index contributed by atoms with van der Waals surface area (Å²) in [5.41, 5.74) is 1.65. The molecule has 2 rings (SSSR count). The first-order chi connectivity index (χ1) is 5.77. The van der Waals surface area contributed by atoms with E-state index < -0.39 is 0 Å². The summed E-state index contributed by atoms with van der Waals surface area (Å²) in [6.45, 7) is 0. The standard InChI is InChI=1S/C8H4BrClN2/c9-8-5(10)4-7-6(12-8)2-1-3-11-7/h1-4H. The summed E-state index contributed by atoms with van der Waals surface area (Å²) >= 11 is 9.08. The van der Waals surface area contributed by atoms with Gasteiger partial charge in [0.15, 0.2) is 0 Å². The Kier molecular flexibility index (Phi) is 1.98. The van der Waals surface area contributed by atoms with Crippen LogP contribution in [-0.2, 0) is 0 Å². The van der Waals surface area contributed by atoms with Crippen LogP contribution in [0.15, 0.2) is 29.0 Å². The third kappa shape index (κ3) is 1.30. The minimum atomic E-state index is 0.584. The Morgan fingerprint density at radius 2 is 2.17 bits per heavy atom. The van der Waals surface area contributed by atoms with E-state index in [0.717, 1.165) is 11.0 Å². The quantitative estimate of drug-likeness (QED) is 0.665. The topological polar surface area (TPSA) is 25.8 Å². The van der Waals surface area contributed by atoms with Gasteiger partial charge in [0.25, 0.3) is 0 Å². The zero-order chi connectivity index (χ0) is 8.55. The average molecular weight is 243 g/mol. The van der Waals surface area contributed by atoms with Crippen molar-refractivity contribution in [1.82, 2.24) is 9.97 Å². The lowest BCUT2D eigenvalue weighted by Gasteiger charge is -1.97. The van der Waals surface area contributed by atoms with Crippen LogP contribution in [0.25, 0.3) is 11.0 Å². The van der Waals surface area contributed by atoms with Crippen LogP contribution in [0.1, 0.15) is 0 Å². The summed E-state index contributed by atoms with van der Waals surface area (Å²) < 4.78 is 0.657. The highest BCUT2D eigenvalue weighted by Crippen LogP contribution is 2.23. The Morgan fingerprint density at radius 3 is 3.00 bits per heavy atom. The molecule has 0 unspecified atom stereocenters. The van der Waals surface area contributed by atoms with E-state index in [1.165, 1.54) is 0 Å². The molecule has 2 nitrogen and oxygen atoms in total. The largest absolute Gasteiger partial charge is 0.255 e. The number of aromatic nitrogens is 2. The third-order valence-corrected chi connectivity index (χ3v) is 2.62. The van der Waals surface area contributed by atoms with Gasteiger partial charge in [-0.25, -0.2) is 4.98 Å². The number of fused-ring (bicyclic) bond motifs is 1. The van der Waals surface area contributed by atoms with Gasteiger partial charge in [0.1, 0.15) is 4.60 Å². The summed E-state index contributed by atoms with van der Waals surface area (Å²) in [5, 5.41) is 0.584. The summed E-state index contributed by atoms with van der Waals surface area (Å²) in [5.74, 6) is 0. The third-order valence-electron chi connectivity index (χ3n) is 1.50. The molecule has 2 aromatic heterocycles. The summed E-state index contributed by atoms with van der Waals surface area (Å²) in [6, 6.07) is 5.52. The van der Waals surface area contributed by atoms with Crippen LogP contribution in [0.5, 0.6) is 0 Å². The van der Waals surface area contributed by atoms with Crippen molar-refractivity contribution in [3.8, 4) is 0 Å². The molecule has 0 atom stereocenters. The second kappa shape index (κ2) is 2.99. The van der Waals surface area contributed by atoms with Crippen LogP contribution in [0, 0.1) is 0 Å². The van der Waals surface area contributed by atoms with Gasteiger partial charge in [-0.05, 0) is 34.1 Å². The zero-order valence-corrected chi connectivity index (χ0v) is 8.30. The van der Waals surface area contributed by atoms with Crippen LogP contribution < -0.4 is 0 Å². The van der Waals surface area contributed by atoms with E-state index in [2.05, 4.69) is 25.9 Å². The second-order valence-corrected chi connectivity index (χ2v) is 3.46. The molecule has 0 fully saturated rings. The first-order valence-electron chi connectivity index (χ1n) is 3.34. The lowest BCUT2D eigenvalue weighted by atomic mass is 10.3. The summed E-state index contributed by atoms with van der Waals surface area (Å²) in [7, 11) is 0. The monoisotopic (exact) mass is 242 g/mol. The normalized spacial score (nSPS) is 10.5. The van der Waals surface area contributed by atoms with Crippen molar-refractivity contribution >= 4 is 38.6 Å². The first-order valence-corrected chi connectivity index (χ1v) is 4.51. The Morgan fingerprint density at radius 1 is 1.33 bits per heavy atom. The van der Waals surface area contributed by atoms with E-state index in [1.807, 2.05) is 12.1 Å². The molecule has 0 aromatic carbocycles. The van der Waals surface area contributed by atoms with Crippen LogP contribution in [0.2, 0.25) is 5.02 Å². The van der Waals surface area contributed by atoms with Crippen molar-refractivity contribution in [3.63, 3.8) is 0 Å². The van der Waals surface area contributed by atoms with Gasteiger partial charge in [-0.3, -0.25) is 4.98 Å². The SMILES string of the molecule is Clc1cc2ncccc2nc1Br. The maximum atomic E-state index is 5.84. The van der Waals surface area contributed by atoms with Gasteiger partial charge in [0.05, 0.1) is 16.1 Å². The van der Waals surface area contributed by atoms with Crippen molar-refractivity contribution in [2.45, 2.75) is 0 Å². The Bertz CT molecular complexity index is 390. The van der Waals surface area contributed by atoms with Crippen molar-refractivity contribution < 1.29 is 0 Å². The zero-order valence-electron chi connectivity index (χ0n) is 5.96. The fourth-order valence-corrected chi connectivity index (χ4v) is 1.40. The molecular formula is C8H4BrClN2. The van der Waals surface area contributed by atoms with Gasteiger partial charge in [-0.15, -0.1) is 0 Å². The molecule has 0 bridgehead atoms. The van der Waals surface area contributed by atoms with Gasteiger partial charge in [0, 0.05) is 6.20 Å². The summed E-state index contributed by atoms with van der Waals surface area (Å²) in [4.78, 5) is 8.31. The molecule has 0 amide bonds. The molecule has 0 saturated heterocycles. The molecule has 0 saturated carbocycles. The molecule has 60 valence electrons. The number of pyridine rings is 2. The number of nitrogens with zero attached hydrogens (tertiary/aromatic N) is 2. The average Bonchev–Trinajstić information content (AvgIpc) is 2.07. The lowest BCUT2D eigenvalue weighted by Crippen LogP contribution is -1.83. The van der Waals surface area contributed by atoms with E-state index in [9.17, 15) is 0 Å². The number of rotatable bonds is 0. The van der Waals surface area contributed by atoms with Crippen molar-refractivity contribution in [3.05, 3.63) is 34.0 Å². The molecule has 0 aliphatic heterocycles. The fourth-order valence-electron chi connectivity index (χ4n) is 0.954. The van der Waals surface area contributed by atoms with Crippen LogP contribution in [0.4, 0.5) is 0 Å². The fraction of sp³-hybridized carbons (Fsp3) is 0. The highest BCUT2D eigenvalue weighted by molar-refractivity contribution is 9.10. The Balaban J connectivity index is 2.84. The number of hydrogen-bond acceptors (Lipinski definition) is 2. The maximum Gasteiger partial charge on any atom is 0.125 e. The van der Waals surface area contributed by atoms with E-state index in [0.29, 0.717) is 9.63 Å². The van der Waals surface area contributed by atoms with Gasteiger partial charge in [-0.1, -0.05) is 11.6 Å². The van der Waals surface area contributed by atoms with Gasteiger partial charge in [-0.2, -0.15) is 0 Å². The number of hydrogen-bond donors (Lipinski definition) is 0.